The number of amides is 2. The molecule has 0 radical (unpaired) electrons. The van der Waals surface area contributed by atoms with Gasteiger partial charge in [-0.05, 0) is 54.4 Å². The molecule has 4 rings (SSSR count). The number of sulfonamides is 1. The molecule has 2 aromatic carbocycles. The Kier molecular flexibility index (Phi) is 7.23. The summed E-state index contributed by atoms with van der Waals surface area (Å²) in [4.78, 5) is 33.6. The van der Waals surface area contributed by atoms with Crippen molar-refractivity contribution < 1.29 is 35.2 Å². The van der Waals surface area contributed by atoms with Gasteiger partial charge in [0.15, 0.2) is 0 Å². The lowest BCUT2D eigenvalue weighted by Crippen LogP contribution is -2.22. The van der Waals surface area contributed by atoms with Crippen LogP contribution in [-0.2, 0) is 23.2 Å². The number of benzene rings is 2. The summed E-state index contributed by atoms with van der Waals surface area (Å²) in [6, 6.07) is 3.74. The number of carbonyl (C=O) groups excluding carboxylic acids is 1. The van der Waals surface area contributed by atoms with E-state index in [0.717, 1.165) is 23.0 Å². The normalized spacial score (nSPS) is 11.9. The highest BCUT2D eigenvalue weighted by Crippen LogP contribution is 2.32. The molecule has 0 fully saturated rings. The van der Waals surface area contributed by atoms with E-state index < -0.39 is 56.4 Å². The predicted octanol–water partition coefficient (Wildman–Crippen LogP) is 4.62. The van der Waals surface area contributed by atoms with Crippen LogP contribution in [0.1, 0.15) is 11.1 Å². The van der Waals surface area contributed by atoms with Gasteiger partial charge in [0, 0.05) is 24.2 Å². The number of alkyl halides is 3. The Morgan fingerprint density at radius 2 is 1.62 bits per heavy atom. The Balaban J connectivity index is 1.69. The second-order valence-corrected chi connectivity index (χ2v) is 10.4. The van der Waals surface area contributed by atoms with Crippen molar-refractivity contribution in [1.29, 1.82) is 0 Å². The first-order valence-electron chi connectivity index (χ1n) is 11.1. The number of aromatic nitrogens is 3. The fourth-order valence-electron chi connectivity index (χ4n) is 3.79. The third-order valence-electron chi connectivity index (χ3n) is 5.62. The van der Waals surface area contributed by atoms with Gasteiger partial charge < -0.3 is 10.6 Å². The summed E-state index contributed by atoms with van der Waals surface area (Å²) >= 11 is 0. The molecule has 210 valence electrons. The third-order valence-corrected chi connectivity index (χ3v) is 6.17. The molecule has 0 atom stereocenters. The van der Waals surface area contributed by atoms with Crippen molar-refractivity contribution in [3.63, 3.8) is 0 Å². The number of aryl methyl sites for hydroxylation is 2. The van der Waals surface area contributed by atoms with Gasteiger partial charge in [-0.15, -0.1) is 0 Å². The highest BCUT2D eigenvalue weighted by atomic mass is 32.2. The van der Waals surface area contributed by atoms with Gasteiger partial charge >= 0.3 is 12.2 Å². The number of hydrogen-bond acceptors (Lipinski definition) is 6. The van der Waals surface area contributed by atoms with Gasteiger partial charge in [-0.1, -0.05) is 0 Å². The lowest BCUT2D eigenvalue weighted by Gasteiger charge is -2.15. The molecule has 10 nitrogen and oxygen atoms in total. The molecule has 16 heteroatoms. The Morgan fingerprint density at radius 3 is 2.25 bits per heavy atom. The monoisotopic (exact) mass is 582 g/mol. The van der Waals surface area contributed by atoms with Crippen LogP contribution < -0.4 is 20.9 Å². The zero-order chi connectivity index (χ0) is 29.6. The first kappa shape index (κ1) is 28.4. The maximum atomic E-state index is 14.7. The maximum Gasteiger partial charge on any atom is 0.416 e. The van der Waals surface area contributed by atoms with Crippen LogP contribution in [0.4, 0.5) is 44.1 Å². The summed E-state index contributed by atoms with van der Waals surface area (Å²) in [6.07, 6.45) is -2.61. The van der Waals surface area contributed by atoms with Crippen molar-refractivity contribution in [1.82, 2.24) is 14.5 Å². The van der Waals surface area contributed by atoms with E-state index >= 15 is 0 Å². The molecular weight excluding hydrogens is 563 g/mol. The van der Waals surface area contributed by atoms with Crippen LogP contribution in [-0.4, -0.2) is 35.2 Å². The molecule has 0 spiro atoms. The van der Waals surface area contributed by atoms with Crippen molar-refractivity contribution in [2.24, 2.45) is 7.05 Å². The van der Waals surface area contributed by atoms with Gasteiger partial charge in [0.05, 0.1) is 23.2 Å². The zero-order valence-corrected chi connectivity index (χ0v) is 21.6. The highest BCUT2D eigenvalue weighted by molar-refractivity contribution is 7.91. The Bertz CT molecular complexity index is 1840. The summed E-state index contributed by atoms with van der Waals surface area (Å²) in [6.45, 7) is 1.50. The molecule has 0 unspecified atom stereocenters. The molecule has 40 heavy (non-hydrogen) atoms. The number of pyridine rings is 1. The van der Waals surface area contributed by atoms with Crippen LogP contribution in [0.3, 0.4) is 0 Å². The van der Waals surface area contributed by atoms with E-state index in [1.807, 2.05) is 5.32 Å². The number of carbonyl (C=O) groups is 1. The van der Waals surface area contributed by atoms with Gasteiger partial charge in [-0.2, -0.15) is 18.2 Å². The minimum atomic E-state index is -4.79. The summed E-state index contributed by atoms with van der Waals surface area (Å²) < 4.78 is 93.8. The van der Waals surface area contributed by atoms with Gasteiger partial charge in [0.1, 0.15) is 17.3 Å². The molecule has 0 saturated carbocycles. The first-order chi connectivity index (χ1) is 18.5. The fraction of sp³-hybridized carbons (Fsp3) is 0.167. The van der Waals surface area contributed by atoms with Crippen LogP contribution in [0.15, 0.2) is 47.4 Å². The molecule has 4 aromatic rings. The average molecular weight is 583 g/mol. The molecule has 2 aromatic heterocycles. The van der Waals surface area contributed by atoms with Gasteiger partial charge in [0.25, 0.3) is 5.56 Å². The number of nitrogens with zero attached hydrogens (tertiary/aromatic N) is 3. The lowest BCUT2D eigenvalue weighted by atomic mass is 9.99. The minimum Gasteiger partial charge on any atom is -0.305 e. The molecule has 2 amide bonds. The predicted molar refractivity (Wildman–Crippen MR) is 137 cm³/mol. The molecule has 0 aliphatic rings. The standard InChI is InChI=1S/C24H19F5N6O4S/c1-11-6-17(26)19(32-23(37)31-18-8-13(24(27,28)29)4-5-16(18)25)9-14(11)15-7-12-10-30-22(34-40(3,38)39)33-20(12)35(2)21(15)36/h4-10H,1-3H3,(H,30,33,34)(H2,31,32,37). The van der Waals surface area contributed by atoms with E-state index in [4.69, 9.17) is 0 Å². The number of rotatable bonds is 5. The second kappa shape index (κ2) is 10.2. The summed E-state index contributed by atoms with van der Waals surface area (Å²) in [5, 5.41) is 4.35. The Labute approximate surface area is 222 Å². The summed E-state index contributed by atoms with van der Waals surface area (Å²) in [5.41, 5.74) is -2.42. The Morgan fingerprint density at radius 1 is 0.975 bits per heavy atom. The van der Waals surface area contributed by atoms with Crippen molar-refractivity contribution >= 4 is 44.4 Å². The van der Waals surface area contributed by atoms with Crippen molar-refractivity contribution in [3.8, 4) is 11.1 Å². The van der Waals surface area contributed by atoms with Crippen LogP contribution in [0.25, 0.3) is 22.2 Å². The number of anilines is 3. The third kappa shape index (κ3) is 6.01. The summed E-state index contributed by atoms with van der Waals surface area (Å²) in [5.74, 6) is -2.34. The van der Waals surface area contributed by atoms with Crippen molar-refractivity contribution in [2.45, 2.75) is 13.1 Å². The molecule has 3 N–H and O–H groups in total. The molecule has 0 bridgehead atoms. The number of hydrogen-bond donors (Lipinski definition) is 3. The maximum absolute atomic E-state index is 14.7. The van der Waals surface area contributed by atoms with E-state index in [1.54, 1.807) is 0 Å². The zero-order valence-electron chi connectivity index (χ0n) is 20.8. The molecule has 0 saturated heterocycles. The molecule has 0 aliphatic carbocycles. The lowest BCUT2D eigenvalue weighted by molar-refractivity contribution is -0.137. The highest BCUT2D eigenvalue weighted by Gasteiger charge is 2.31. The van der Waals surface area contributed by atoms with E-state index in [0.29, 0.717) is 29.1 Å². The van der Waals surface area contributed by atoms with Gasteiger partial charge in [-0.25, -0.2) is 27.0 Å². The second-order valence-electron chi connectivity index (χ2n) is 8.69. The topological polar surface area (TPSA) is 135 Å². The molecule has 0 aliphatic heterocycles. The van der Waals surface area contributed by atoms with Crippen LogP contribution >= 0.6 is 0 Å². The first-order valence-corrected chi connectivity index (χ1v) is 13.0. The number of urea groups is 1. The molecular formula is C24H19F5N6O4S. The average Bonchev–Trinajstić information content (AvgIpc) is 2.83. The van der Waals surface area contributed by atoms with Crippen molar-refractivity contribution in [3.05, 3.63) is 75.7 Å². The van der Waals surface area contributed by atoms with E-state index in [9.17, 15) is 40.0 Å². The van der Waals surface area contributed by atoms with Crippen LogP contribution in [0.2, 0.25) is 0 Å². The van der Waals surface area contributed by atoms with E-state index in [1.165, 1.54) is 26.2 Å². The van der Waals surface area contributed by atoms with Gasteiger partial charge in [-0.3, -0.25) is 14.1 Å². The van der Waals surface area contributed by atoms with Crippen LogP contribution in [0, 0.1) is 18.6 Å². The van der Waals surface area contributed by atoms with Crippen LogP contribution in [0.5, 0.6) is 0 Å². The fourth-order valence-corrected chi connectivity index (χ4v) is 4.22. The summed E-state index contributed by atoms with van der Waals surface area (Å²) in [7, 11) is -2.31. The number of fused-ring (bicyclic) bond motifs is 1. The number of nitrogens with one attached hydrogen (secondary N) is 3. The number of halogens is 5. The SMILES string of the molecule is Cc1cc(F)c(NC(=O)Nc2cc(C(F)(F)F)ccc2F)cc1-c1cc2cnc(NS(C)(=O)=O)nc2n(C)c1=O. The van der Waals surface area contributed by atoms with Crippen molar-refractivity contribution in [2.75, 3.05) is 21.6 Å². The largest absolute Gasteiger partial charge is 0.416 e. The van der Waals surface area contributed by atoms with E-state index in [-0.39, 0.29) is 22.7 Å². The van der Waals surface area contributed by atoms with Gasteiger partial charge in [0.2, 0.25) is 16.0 Å². The quantitative estimate of drug-likeness (QED) is 0.294. The minimum absolute atomic E-state index is 0.0484. The van der Waals surface area contributed by atoms with E-state index in [2.05, 4.69) is 20.0 Å². The molecule has 2 heterocycles. The Hall–Kier alpha value is -4.60. The smallest absolute Gasteiger partial charge is 0.305 e.